The second-order valence-corrected chi connectivity index (χ2v) is 8.12. The highest BCUT2D eigenvalue weighted by molar-refractivity contribution is 6.30. The van der Waals surface area contributed by atoms with Crippen molar-refractivity contribution < 1.29 is 23.5 Å². The van der Waals surface area contributed by atoms with Crippen LogP contribution in [0.3, 0.4) is 0 Å². The number of hydrogen-bond acceptors (Lipinski definition) is 5. The van der Waals surface area contributed by atoms with Crippen molar-refractivity contribution in [3.05, 3.63) is 89.3 Å². The van der Waals surface area contributed by atoms with E-state index in [2.05, 4.69) is 0 Å². The highest BCUT2D eigenvalue weighted by atomic mass is 35.5. The van der Waals surface area contributed by atoms with Gasteiger partial charge in [-0.05, 0) is 48.4 Å². The summed E-state index contributed by atoms with van der Waals surface area (Å²) in [6, 6.07) is 20.3. The Labute approximate surface area is 204 Å². The Bertz CT molecular complexity index is 1010. The molecule has 2 aromatic carbocycles. The van der Waals surface area contributed by atoms with E-state index in [0.717, 1.165) is 5.56 Å². The van der Waals surface area contributed by atoms with Gasteiger partial charge in [0.05, 0.1) is 26.0 Å². The summed E-state index contributed by atoms with van der Waals surface area (Å²) in [5.74, 6) is 0.727. The fourth-order valence-electron chi connectivity index (χ4n) is 3.32. The van der Waals surface area contributed by atoms with Gasteiger partial charge in [-0.1, -0.05) is 41.9 Å². The second kappa shape index (κ2) is 13.4. The number of benzene rings is 2. The van der Waals surface area contributed by atoms with Gasteiger partial charge in [-0.25, -0.2) is 0 Å². The zero-order chi connectivity index (χ0) is 24.2. The van der Waals surface area contributed by atoms with Crippen molar-refractivity contribution in [1.82, 2.24) is 9.80 Å². The fourth-order valence-corrected chi connectivity index (χ4v) is 3.44. The molecule has 0 aliphatic heterocycles. The first-order valence-corrected chi connectivity index (χ1v) is 11.4. The van der Waals surface area contributed by atoms with Gasteiger partial charge in [-0.15, -0.1) is 0 Å². The van der Waals surface area contributed by atoms with Gasteiger partial charge in [0, 0.05) is 25.2 Å². The SMILES string of the molecule is COCCN(CC(=O)N(CCc1ccccc1)Cc1ccco1)C(=O)COc1ccc(Cl)cc1. The lowest BCUT2D eigenvalue weighted by atomic mass is 10.1. The first kappa shape index (κ1) is 25.3. The average molecular weight is 485 g/mol. The summed E-state index contributed by atoms with van der Waals surface area (Å²) in [7, 11) is 1.55. The molecule has 0 radical (unpaired) electrons. The second-order valence-electron chi connectivity index (χ2n) is 7.68. The summed E-state index contributed by atoms with van der Waals surface area (Å²) in [5.41, 5.74) is 1.13. The van der Waals surface area contributed by atoms with E-state index in [9.17, 15) is 9.59 Å². The first-order valence-electron chi connectivity index (χ1n) is 11.0. The molecule has 0 saturated heterocycles. The number of amides is 2. The average Bonchev–Trinajstić information content (AvgIpc) is 3.37. The van der Waals surface area contributed by atoms with Crippen LogP contribution in [0.4, 0.5) is 0 Å². The molecule has 1 heterocycles. The molecule has 0 fully saturated rings. The van der Waals surface area contributed by atoms with Gasteiger partial charge in [-0.3, -0.25) is 9.59 Å². The fraction of sp³-hybridized carbons (Fsp3) is 0.308. The van der Waals surface area contributed by atoms with Crippen molar-refractivity contribution in [2.75, 3.05) is 40.0 Å². The van der Waals surface area contributed by atoms with Crippen LogP contribution >= 0.6 is 11.6 Å². The molecule has 0 saturated carbocycles. The normalized spacial score (nSPS) is 10.6. The molecule has 0 unspecified atom stereocenters. The number of hydrogen-bond donors (Lipinski definition) is 0. The topological polar surface area (TPSA) is 72.2 Å². The quantitative estimate of drug-likeness (QED) is 0.366. The molecule has 0 spiro atoms. The maximum Gasteiger partial charge on any atom is 0.261 e. The molecule has 0 aliphatic carbocycles. The minimum Gasteiger partial charge on any atom is -0.484 e. The Morgan fingerprint density at radius 2 is 1.68 bits per heavy atom. The number of halogens is 1. The summed E-state index contributed by atoms with van der Waals surface area (Å²) in [4.78, 5) is 29.3. The Morgan fingerprint density at radius 1 is 0.912 bits per heavy atom. The van der Waals surface area contributed by atoms with Crippen LogP contribution in [0.5, 0.6) is 5.75 Å². The van der Waals surface area contributed by atoms with Crippen molar-refractivity contribution in [1.29, 1.82) is 0 Å². The van der Waals surface area contributed by atoms with E-state index in [1.165, 1.54) is 4.90 Å². The van der Waals surface area contributed by atoms with Gasteiger partial charge in [0.15, 0.2) is 6.61 Å². The summed E-state index contributed by atoms with van der Waals surface area (Å²) in [6.07, 6.45) is 2.27. The standard InChI is InChI=1S/C26H29ClN2O5/c1-32-17-15-29(26(31)20-34-23-11-9-22(27)10-12-23)19-25(30)28(18-24-8-5-16-33-24)14-13-21-6-3-2-4-7-21/h2-12,16H,13-15,17-20H2,1H3. The van der Waals surface area contributed by atoms with Gasteiger partial charge in [0.1, 0.15) is 11.5 Å². The number of furan rings is 1. The zero-order valence-electron chi connectivity index (χ0n) is 19.2. The predicted octanol–water partition coefficient (Wildman–Crippen LogP) is 4.06. The zero-order valence-corrected chi connectivity index (χ0v) is 19.9. The van der Waals surface area contributed by atoms with Crippen molar-refractivity contribution in [3.8, 4) is 5.75 Å². The Balaban J connectivity index is 1.64. The van der Waals surface area contributed by atoms with Crippen LogP contribution in [0, 0.1) is 0 Å². The van der Waals surface area contributed by atoms with E-state index in [1.807, 2.05) is 36.4 Å². The summed E-state index contributed by atoms with van der Waals surface area (Å²) >= 11 is 5.89. The van der Waals surface area contributed by atoms with Gasteiger partial charge in [0.25, 0.3) is 5.91 Å². The molecule has 0 bridgehead atoms. The summed E-state index contributed by atoms with van der Waals surface area (Å²) < 4.78 is 16.2. The molecule has 0 N–H and O–H groups in total. The highest BCUT2D eigenvalue weighted by Gasteiger charge is 2.22. The molecule has 34 heavy (non-hydrogen) atoms. The molecule has 3 aromatic rings. The van der Waals surface area contributed by atoms with Crippen molar-refractivity contribution in [2.45, 2.75) is 13.0 Å². The maximum atomic E-state index is 13.3. The third-order valence-electron chi connectivity index (χ3n) is 5.21. The lowest BCUT2D eigenvalue weighted by molar-refractivity contribution is -0.142. The molecule has 2 amide bonds. The minimum atomic E-state index is -0.304. The molecular formula is C26H29ClN2O5. The monoisotopic (exact) mass is 484 g/mol. The van der Waals surface area contributed by atoms with E-state index >= 15 is 0 Å². The van der Waals surface area contributed by atoms with E-state index in [-0.39, 0.29) is 31.5 Å². The smallest absolute Gasteiger partial charge is 0.261 e. The highest BCUT2D eigenvalue weighted by Crippen LogP contribution is 2.15. The number of methoxy groups -OCH3 is 1. The summed E-state index contributed by atoms with van der Waals surface area (Å²) in [5, 5.41) is 0.582. The van der Waals surface area contributed by atoms with E-state index in [0.29, 0.717) is 42.6 Å². The van der Waals surface area contributed by atoms with Crippen molar-refractivity contribution in [3.63, 3.8) is 0 Å². The number of nitrogens with zero attached hydrogens (tertiary/aromatic N) is 2. The van der Waals surface area contributed by atoms with Crippen LogP contribution in [0.1, 0.15) is 11.3 Å². The molecule has 0 aliphatic rings. The lowest BCUT2D eigenvalue weighted by Crippen LogP contribution is -2.45. The maximum absolute atomic E-state index is 13.3. The van der Waals surface area contributed by atoms with Crippen molar-refractivity contribution in [2.24, 2.45) is 0 Å². The number of carbonyl (C=O) groups is 2. The van der Waals surface area contributed by atoms with E-state index in [4.69, 9.17) is 25.5 Å². The van der Waals surface area contributed by atoms with Gasteiger partial charge in [0.2, 0.25) is 5.91 Å². The molecule has 0 atom stereocenters. The largest absolute Gasteiger partial charge is 0.484 e. The molecule has 8 heteroatoms. The Morgan fingerprint density at radius 3 is 2.35 bits per heavy atom. The molecule has 1 aromatic heterocycles. The molecule has 3 rings (SSSR count). The van der Waals surface area contributed by atoms with Crippen LogP contribution in [0.2, 0.25) is 5.02 Å². The number of rotatable bonds is 13. The minimum absolute atomic E-state index is 0.0817. The van der Waals surface area contributed by atoms with Crippen LogP contribution in [0.15, 0.2) is 77.4 Å². The lowest BCUT2D eigenvalue weighted by Gasteiger charge is -2.27. The Kier molecular flexibility index (Phi) is 10.0. The van der Waals surface area contributed by atoms with Gasteiger partial charge < -0.3 is 23.7 Å². The van der Waals surface area contributed by atoms with Crippen LogP contribution < -0.4 is 4.74 Å². The number of ether oxygens (including phenoxy) is 2. The summed E-state index contributed by atoms with van der Waals surface area (Å²) in [6.45, 7) is 1.13. The molecule has 180 valence electrons. The van der Waals surface area contributed by atoms with Crippen molar-refractivity contribution >= 4 is 23.4 Å². The molecular weight excluding hydrogens is 456 g/mol. The first-order chi connectivity index (χ1) is 16.5. The van der Waals surface area contributed by atoms with Crippen LogP contribution in [-0.4, -0.2) is 61.6 Å². The Hall–Kier alpha value is -3.29. The van der Waals surface area contributed by atoms with E-state index in [1.54, 1.807) is 48.6 Å². The van der Waals surface area contributed by atoms with Gasteiger partial charge >= 0.3 is 0 Å². The third-order valence-corrected chi connectivity index (χ3v) is 5.46. The van der Waals surface area contributed by atoms with E-state index < -0.39 is 0 Å². The number of carbonyl (C=O) groups excluding carboxylic acids is 2. The van der Waals surface area contributed by atoms with Crippen LogP contribution in [0.25, 0.3) is 0 Å². The molecule has 7 nitrogen and oxygen atoms in total. The van der Waals surface area contributed by atoms with Gasteiger partial charge in [-0.2, -0.15) is 0 Å². The van der Waals surface area contributed by atoms with Crippen LogP contribution in [-0.2, 0) is 27.3 Å². The third kappa shape index (κ3) is 8.24. The predicted molar refractivity (Wildman–Crippen MR) is 130 cm³/mol.